The standard InChI is InChI=1S/C22H22N4O5/c1-3-4-11-26-19-17(20(27)24-22(26)29)25(2)16(23-19)13-31-21(28)18-15(10-12-30-18)14-8-6-5-7-9-14/h5-10,12H,3-4,11,13H2,1-2H3,(H,24,27,29). The maximum absolute atomic E-state index is 12.7. The first-order valence-electron chi connectivity index (χ1n) is 9.99. The monoisotopic (exact) mass is 422 g/mol. The Bertz CT molecular complexity index is 1340. The molecule has 0 bridgehead atoms. The van der Waals surface area contributed by atoms with E-state index in [1.165, 1.54) is 15.4 Å². The molecule has 0 radical (unpaired) electrons. The molecule has 0 aliphatic carbocycles. The Kier molecular flexibility index (Phi) is 5.57. The van der Waals surface area contributed by atoms with Gasteiger partial charge >= 0.3 is 11.7 Å². The second kappa shape index (κ2) is 8.47. The van der Waals surface area contributed by atoms with Crippen molar-refractivity contribution in [3.8, 4) is 11.1 Å². The summed E-state index contributed by atoms with van der Waals surface area (Å²) in [5.41, 5.74) is 0.953. The van der Waals surface area contributed by atoms with Crippen LogP contribution in [0.25, 0.3) is 22.3 Å². The van der Waals surface area contributed by atoms with E-state index in [2.05, 4.69) is 9.97 Å². The lowest BCUT2D eigenvalue weighted by Gasteiger charge is -2.05. The molecule has 4 aromatic rings. The zero-order valence-electron chi connectivity index (χ0n) is 17.3. The summed E-state index contributed by atoms with van der Waals surface area (Å²) in [7, 11) is 1.64. The highest BCUT2D eigenvalue weighted by molar-refractivity contribution is 5.94. The van der Waals surface area contributed by atoms with Crippen molar-refractivity contribution in [3.63, 3.8) is 0 Å². The maximum Gasteiger partial charge on any atom is 0.375 e. The van der Waals surface area contributed by atoms with Gasteiger partial charge in [0.25, 0.3) is 5.56 Å². The Balaban J connectivity index is 1.62. The second-order valence-corrected chi connectivity index (χ2v) is 7.13. The molecule has 3 heterocycles. The first-order chi connectivity index (χ1) is 15.0. The quantitative estimate of drug-likeness (QED) is 0.458. The Morgan fingerprint density at radius 1 is 1.19 bits per heavy atom. The number of furan rings is 1. The number of imidazole rings is 1. The van der Waals surface area contributed by atoms with Crippen LogP contribution in [0.2, 0.25) is 0 Å². The Morgan fingerprint density at radius 3 is 2.71 bits per heavy atom. The number of hydrogen-bond acceptors (Lipinski definition) is 6. The van der Waals surface area contributed by atoms with Gasteiger partial charge in [-0.25, -0.2) is 14.6 Å². The van der Waals surface area contributed by atoms with E-state index in [-0.39, 0.29) is 23.5 Å². The van der Waals surface area contributed by atoms with E-state index in [1.807, 2.05) is 37.3 Å². The van der Waals surface area contributed by atoms with Crippen LogP contribution in [0.5, 0.6) is 0 Å². The number of aromatic nitrogens is 4. The number of aryl methyl sites for hydroxylation is 2. The molecule has 0 fully saturated rings. The number of nitrogens with zero attached hydrogens (tertiary/aromatic N) is 3. The van der Waals surface area contributed by atoms with Crippen LogP contribution < -0.4 is 11.2 Å². The average molecular weight is 422 g/mol. The van der Waals surface area contributed by atoms with Crippen LogP contribution in [0.15, 0.2) is 56.7 Å². The van der Waals surface area contributed by atoms with Crippen molar-refractivity contribution in [2.75, 3.05) is 0 Å². The molecular formula is C22H22N4O5. The number of ether oxygens (including phenoxy) is 1. The fourth-order valence-electron chi connectivity index (χ4n) is 3.45. The fraction of sp³-hybridized carbons (Fsp3) is 0.273. The summed E-state index contributed by atoms with van der Waals surface area (Å²) < 4.78 is 13.7. The normalized spacial score (nSPS) is 11.2. The number of rotatable bonds is 7. The van der Waals surface area contributed by atoms with Crippen molar-refractivity contribution in [2.24, 2.45) is 7.05 Å². The van der Waals surface area contributed by atoms with E-state index in [0.29, 0.717) is 17.9 Å². The summed E-state index contributed by atoms with van der Waals surface area (Å²) in [6, 6.07) is 11.1. The molecule has 3 aromatic heterocycles. The summed E-state index contributed by atoms with van der Waals surface area (Å²) >= 11 is 0. The lowest BCUT2D eigenvalue weighted by molar-refractivity contribution is 0.0424. The maximum atomic E-state index is 12.7. The van der Waals surface area contributed by atoms with Gasteiger partial charge in [0.1, 0.15) is 12.4 Å². The van der Waals surface area contributed by atoms with Gasteiger partial charge in [-0.05, 0) is 18.1 Å². The minimum atomic E-state index is -0.645. The van der Waals surface area contributed by atoms with Gasteiger partial charge in [0.15, 0.2) is 11.2 Å². The summed E-state index contributed by atoms with van der Waals surface area (Å²) in [5.74, 6) is -0.214. The van der Waals surface area contributed by atoms with Gasteiger partial charge in [0.2, 0.25) is 5.76 Å². The van der Waals surface area contributed by atoms with E-state index in [4.69, 9.17) is 9.15 Å². The third-order valence-electron chi connectivity index (χ3n) is 5.11. The van der Waals surface area contributed by atoms with Crippen molar-refractivity contribution in [3.05, 3.63) is 75.1 Å². The molecule has 9 heteroatoms. The van der Waals surface area contributed by atoms with Gasteiger partial charge < -0.3 is 13.7 Å². The molecule has 1 aromatic carbocycles. The van der Waals surface area contributed by atoms with Crippen molar-refractivity contribution < 1.29 is 13.9 Å². The Labute approximate surface area is 176 Å². The lowest BCUT2D eigenvalue weighted by Crippen LogP contribution is -2.31. The summed E-state index contributed by atoms with van der Waals surface area (Å²) in [6.45, 7) is 2.27. The number of benzene rings is 1. The molecular weight excluding hydrogens is 400 g/mol. The highest BCUT2D eigenvalue weighted by atomic mass is 16.5. The number of carbonyl (C=O) groups is 1. The number of hydrogen-bond donors (Lipinski definition) is 1. The first-order valence-corrected chi connectivity index (χ1v) is 9.99. The molecule has 4 rings (SSSR count). The van der Waals surface area contributed by atoms with E-state index in [0.717, 1.165) is 18.4 Å². The SMILES string of the molecule is CCCCn1c(=O)[nH]c(=O)c2c1nc(COC(=O)c1occc1-c1ccccc1)n2C. The fourth-order valence-corrected chi connectivity index (χ4v) is 3.45. The van der Waals surface area contributed by atoms with Crippen molar-refractivity contribution in [1.82, 2.24) is 19.1 Å². The number of aromatic amines is 1. The van der Waals surface area contributed by atoms with Gasteiger partial charge in [0, 0.05) is 19.2 Å². The van der Waals surface area contributed by atoms with Gasteiger partial charge in [0.05, 0.1) is 6.26 Å². The number of fused-ring (bicyclic) bond motifs is 1. The molecule has 0 unspecified atom stereocenters. The number of esters is 1. The van der Waals surface area contributed by atoms with Crippen LogP contribution in [0.1, 0.15) is 36.1 Å². The molecule has 160 valence electrons. The predicted molar refractivity (Wildman–Crippen MR) is 114 cm³/mol. The molecule has 0 saturated heterocycles. The van der Waals surface area contributed by atoms with Gasteiger partial charge in [-0.15, -0.1) is 0 Å². The van der Waals surface area contributed by atoms with E-state index >= 15 is 0 Å². The molecule has 31 heavy (non-hydrogen) atoms. The van der Waals surface area contributed by atoms with Gasteiger partial charge in [-0.1, -0.05) is 43.7 Å². The van der Waals surface area contributed by atoms with E-state index < -0.39 is 17.2 Å². The molecule has 0 aliphatic rings. The van der Waals surface area contributed by atoms with Crippen LogP contribution in [-0.2, 0) is 24.9 Å². The van der Waals surface area contributed by atoms with E-state index in [9.17, 15) is 14.4 Å². The lowest BCUT2D eigenvalue weighted by atomic mass is 10.1. The molecule has 0 saturated carbocycles. The molecule has 1 N–H and O–H groups in total. The average Bonchev–Trinajstić information content (AvgIpc) is 3.38. The van der Waals surface area contributed by atoms with Crippen molar-refractivity contribution in [1.29, 1.82) is 0 Å². The molecule has 0 aliphatic heterocycles. The number of nitrogens with one attached hydrogen (secondary N) is 1. The Morgan fingerprint density at radius 2 is 1.97 bits per heavy atom. The smallest absolute Gasteiger partial charge is 0.375 e. The third kappa shape index (κ3) is 3.81. The predicted octanol–water partition coefficient (Wildman–Crippen LogP) is 2.84. The van der Waals surface area contributed by atoms with Crippen molar-refractivity contribution in [2.45, 2.75) is 32.9 Å². The highest BCUT2D eigenvalue weighted by Crippen LogP contribution is 2.25. The zero-order chi connectivity index (χ0) is 22.0. The summed E-state index contributed by atoms with van der Waals surface area (Å²) in [5, 5.41) is 0. The molecule has 0 amide bonds. The third-order valence-corrected chi connectivity index (χ3v) is 5.11. The zero-order valence-corrected chi connectivity index (χ0v) is 17.3. The first kappa shape index (κ1) is 20.4. The molecule has 9 nitrogen and oxygen atoms in total. The van der Waals surface area contributed by atoms with Crippen LogP contribution in [0.4, 0.5) is 0 Å². The summed E-state index contributed by atoms with van der Waals surface area (Å²) in [6.07, 6.45) is 3.08. The minimum Gasteiger partial charge on any atom is -0.457 e. The van der Waals surface area contributed by atoms with Crippen LogP contribution in [0.3, 0.4) is 0 Å². The molecule has 0 spiro atoms. The van der Waals surface area contributed by atoms with Crippen LogP contribution in [-0.4, -0.2) is 25.1 Å². The van der Waals surface area contributed by atoms with Crippen LogP contribution >= 0.6 is 0 Å². The topological polar surface area (TPSA) is 112 Å². The van der Waals surface area contributed by atoms with Gasteiger partial charge in [-0.2, -0.15) is 0 Å². The summed E-state index contributed by atoms with van der Waals surface area (Å²) in [4.78, 5) is 44.0. The number of carbonyl (C=O) groups excluding carboxylic acids is 1. The number of H-pyrrole nitrogens is 1. The van der Waals surface area contributed by atoms with Crippen LogP contribution in [0, 0.1) is 0 Å². The largest absolute Gasteiger partial charge is 0.457 e. The Hall–Kier alpha value is -3.88. The second-order valence-electron chi connectivity index (χ2n) is 7.13. The van der Waals surface area contributed by atoms with E-state index in [1.54, 1.807) is 13.1 Å². The van der Waals surface area contributed by atoms with Crippen molar-refractivity contribution >= 4 is 17.1 Å². The number of unbranched alkanes of at least 4 members (excludes halogenated alkanes) is 1. The molecule has 0 atom stereocenters. The van der Waals surface area contributed by atoms with Gasteiger partial charge in [-0.3, -0.25) is 14.3 Å². The highest BCUT2D eigenvalue weighted by Gasteiger charge is 2.21. The minimum absolute atomic E-state index is 0.0858.